The fraction of sp³-hybridized carbons (Fsp3) is 0.879. The molecule has 0 unspecified atom stereocenters. The SMILES string of the molecule is CC[C@H]1OC(=O)[C@H](C)C(=O)[C@H](C)[C@@H](O[C@@H]2O[C@H](C)C[C@H](N(C)C)[C@H]2O)[C@](C)(OC)C[C@@H](C)C2=NCCN3C(=O)O[C@@]1(C)[C@H]3[C@H]2C. The monoisotopic (exact) mass is 637 g/mol. The van der Waals surface area contributed by atoms with Crippen LogP contribution in [0.5, 0.6) is 0 Å². The first-order valence-electron chi connectivity index (χ1n) is 16.5. The highest BCUT2D eigenvalue weighted by molar-refractivity contribution is 6.00. The number of aliphatic hydroxyl groups excluding tert-OH is 1. The molecule has 0 aliphatic carbocycles. The van der Waals surface area contributed by atoms with E-state index in [1.54, 1.807) is 18.9 Å². The van der Waals surface area contributed by atoms with Crippen molar-refractivity contribution in [1.82, 2.24) is 9.80 Å². The van der Waals surface area contributed by atoms with Crippen LogP contribution in [0, 0.1) is 23.7 Å². The number of ether oxygens (including phenoxy) is 5. The minimum atomic E-state index is -1.14. The number of hydrogen-bond acceptors (Lipinski definition) is 11. The average Bonchev–Trinajstić information content (AvgIpc) is 3.11. The van der Waals surface area contributed by atoms with E-state index in [1.165, 1.54) is 6.92 Å². The van der Waals surface area contributed by atoms with Gasteiger partial charge >= 0.3 is 12.1 Å². The number of cyclic esters (lactones) is 1. The van der Waals surface area contributed by atoms with Gasteiger partial charge in [-0.15, -0.1) is 0 Å². The lowest BCUT2D eigenvalue weighted by atomic mass is 9.73. The topological polar surface area (TPSA) is 136 Å². The third-order valence-corrected chi connectivity index (χ3v) is 10.8. The molecule has 256 valence electrons. The largest absolute Gasteiger partial charge is 0.458 e. The molecule has 1 N–H and O–H groups in total. The molecule has 0 aromatic rings. The van der Waals surface area contributed by atoms with Crippen molar-refractivity contribution in [2.75, 3.05) is 34.3 Å². The molecule has 1 amide bonds. The highest BCUT2D eigenvalue weighted by Crippen LogP contribution is 2.44. The summed E-state index contributed by atoms with van der Waals surface area (Å²) in [4.78, 5) is 49.6. The van der Waals surface area contributed by atoms with Crippen LogP contribution in [0.3, 0.4) is 0 Å². The number of aliphatic imine (C=N–C) groups is 1. The summed E-state index contributed by atoms with van der Waals surface area (Å²) in [6.45, 7) is 15.7. The van der Waals surface area contributed by atoms with Gasteiger partial charge in [0.15, 0.2) is 17.7 Å². The standard InChI is InChI=1S/C33H55N3O9/c1-12-23-33(8)27-19(4)24(34-13-14-36(27)31(40)45-33)17(2)16-32(7,41-11)28(20(5)25(37)21(6)29(39)43-23)44-30-26(38)22(35(9)10)15-18(3)42-30/h17-23,26-28,30,38H,12-16H2,1-11H3/t17-,18-,19+,20+,21-,22+,23-,26-,27-,28-,30+,32-,33-/m1/s1. The van der Waals surface area contributed by atoms with Crippen molar-refractivity contribution in [2.24, 2.45) is 28.7 Å². The molecule has 0 spiro atoms. The molecule has 4 aliphatic rings. The van der Waals surface area contributed by atoms with Gasteiger partial charge in [-0.2, -0.15) is 0 Å². The van der Waals surface area contributed by atoms with Gasteiger partial charge in [0.05, 0.1) is 30.4 Å². The fourth-order valence-corrected chi connectivity index (χ4v) is 8.31. The average molecular weight is 638 g/mol. The summed E-state index contributed by atoms with van der Waals surface area (Å²) in [5.41, 5.74) is -1.31. The van der Waals surface area contributed by atoms with Crippen molar-refractivity contribution in [3.8, 4) is 0 Å². The lowest BCUT2D eigenvalue weighted by Gasteiger charge is -2.47. The Labute approximate surface area is 268 Å². The lowest BCUT2D eigenvalue weighted by Crippen LogP contribution is -2.60. The van der Waals surface area contributed by atoms with Crippen LogP contribution in [0.15, 0.2) is 4.99 Å². The second kappa shape index (κ2) is 13.5. The molecule has 2 bridgehead atoms. The van der Waals surface area contributed by atoms with Gasteiger partial charge < -0.3 is 33.7 Å². The highest BCUT2D eigenvalue weighted by Gasteiger charge is 2.60. The molecule has 4 aliphatic heterocycles. The summed E-state index contributed by atoms with van der Waals surface area (Å²) in [6.07, 6.45) is -2.91. The van der Waals surface area contributed by atoms with Gasteiger partial charge in [0.2, 0.25) is 0 Å². The third-order valence-electron chi connectivity index (χ3n) is 10.8. The Kier molecular flexibility index (Phi) is 10.8. The molecule has 3 saturated heterocycles. The first kappa shape index (κ1) is 35.7. The minimum Gasteiger partial charge on any atom is -0.458 e. The number of aliphatic hydroxyl groups is 1. The molecule has 12 nitrogen and oxygen atoms in total. The van der Waals surface area contributed by atoms with Crippen molar-refractivity contribution in [2.45, 2.75) is 129 Å². The maximum absolute atomic E-state index is 14.1. The van der Waals surface area contributed by atoms with Crippen LogP contribution in [-0.2, 0) is 33.3 Å². The number of rotatable bonds is 5. The molecular formula is C33H55N3O9. The Hall–Kier alpha value is -2.12. The molecule has 0 aromatic carbocycles. The molecule has 4 heterocycles. The van der Waals surface area contributed by atoms with E-state index in [2.05, 4.69) is 6.92 Å². The molecular weight excluding hydrogens is 582 g/mol. The number of nitrogens with zero attached hydrogens (tertiary/aromatic N) is 3. The number of methoxy groups -OCH3 is 1. The first-order chi connectivity index (χ1) is 21.0. The van der Waals surface area contributed by atoms with Gasteiger partial charge in [-0.25, -0.2) is 4.79 Å². The Morgan fingerprint density at radius 3 is 2.36 bits per heavy atom. The Bertz CT molecular complexity index is 1150. The quantitative estimate of drug-likeness (QED) is 0.354. The number of esters is 1. The fourth-order valence-electron chi connectivity index (χ4n) is 8.31. The van der Waals surface area contributed by atoms with Gasteiger partial charge in [-0.05, 0) is 67.0 Å². The number of fused-ring (bicyclic) bond motifs is 1. The normalized spacial score (nSPS) is 45.0. The van der Waals surface area contributed by atoms with Crippen molar-refractivity contribution in [3.63, 3.8) is 0 Å². The zero-order valence-electron chi connectivity index (χ0n) is 28.9. The first-order valence-corrected chi connectivity index (χ1v) is 16.5. The molecule has 0 aromatic heterocycles. The zero-order chi connectivity index (χ0) is 33.6. The van der Waals surface area contributed by atoms with E-state index in [9.17, 15) is 19.5 Å². The molecule has 4 rings (SSSR count). The van der Waals surface area contributed by atoms with Gasteiger partial charge in [-0.1, -0.05) is 27.7 Å². The number of carbonyl (C=O) groups excluding carboxylic acids is 3. The van der Waals surface area contributed by atoms with Crippen LogP contribution in [0.2, 0.25) is 0 Å². The number of likely N-dealkylation sites (N-methyl/N-ethyl adjacent to an activating group) is 1. The molecule has 0 radical (unpaired) electrons. The summed E-state index contributed by atoms with van der Waals surface area (Å²) in [6, 6.07) is -0.652. The van der Waals surface area contributed by atoms with E-state index in [1.807, 2.05) is 53.6 Å². The number of carbonyl (C=O) groups is 3. The van der Waals surface area contributed by atoms with Crippen LogP contribution in [0.4, 0.5) is 4.79 Å². The van der Waals surface area contributed by atoms with E-state index in [4.69, 9.17) is 28.7 Å². The van der Waals surface area contributed by atoms with Crippen molar-refractivity contribution < 1.29 is 43.2 Å². The number of hydrogen-bond donors (Lipinski definition) is 1. The minimum absolute atomic E-state index is 0.146. The van der Waals surface area contributed by atoms with Gasteiger partial charge in [0.1, 0.15) is 18.1 Å². The summed E-state index contributed by atoms with van der Waals surface area (Å²) < 4.78 is 31.1. The highest BCUT2D eigenvalue weighted by atomic mass is 16.7. The van der Waals surface area contributed by atoms with Crippen LogP contribution >= 0.6 is 0 Å². The molecule has 3 fully saturated rings. The van der Waals surface area contributed by atoms with Crippen LogP contribution in [0.25, 0.3) is 0 Å². The summed E-state index contributed by atoms with van der Waals surface area (Å²) in [5, 5.41) is 11.4. The Balaban J connectivity index is 1.80. The Morgan fingerprint density at radius 2 is 1.76 bits per heavy atom. The van der Waals surface area contributed by atoms with Crippen molar-refractivity contribution >= 4 is 23.6 Å². The molecule has 12 heteroatoms. The number of ketones is 1. The van der Waals surface area contributed by atoms with Gasteiger partial charge in [0, 0.05) is 37.2 Å². The van der Waals surface area contributed by atoms with Gasteiger partial charge in [-0.3, -0.25) is 19.5 Å². The summed E-state index contributed by atoms with van der Waals surface area (Å²) >= 11 is 0. The smallest absolute Gasteiger partial charge is 0.410 e. The van der Waals surface area contributed by atoms with Crippen LogP contribution in [-0.4, -0.2) is 127 Å². The zero-order valence-corrected chi connectivity index (χ0v) is 28.9. The molecule has 45 heavy (non-hydrogen) atoms. The van der Waals surface area contributed by atoms with Crippen molar-refractivity contribution in [1.29, 1.82) is 0 Å². The number of amides is 1. The van der Waals surface area contributed by atoms with E-state index in [0.29, 0.717) is 32.4 Å². The molecule has 0 saturated carbocycles. The Morgan fingerprint density at radius 1 is 1.09 bits per heavy atom. The molecule has 13 atom stereocenters. The van der Waals surface area contributed by atoms with E-state index >= 15 is 0 Å². The van der Waals surface area contributed by atoms with E-state index in [0.717, 1.165) is 5.71 Å². The van der Waals surface area contributed by atoms with Crippen LogP contribution in [0.1, 0.15) is 74.7 Å². The third kappa shape index (κ3) is 6.54. The van der Waals surface area contributed by atoms with E-state index < -0.39 is 65.7 Å². The maximum Gasteiger partial charge on any atom is 0.410 e. The van der Waals surface area contributed by atoms with Crippen molar-refractivity contribution in [3.05, 3.63) is 0 Å². The predicted octanol–water partition coefficient (Wildman–Crippen LogP) is 3.08. The lowest BCUT2D eigenvalue weighted by molar-refractivity contribution is -0.295. The summed E-state index contributed by atoms with van der Waals surface area (Å²) in [5.74, 6) is -3.41. The number of Topliss-reactive ketones (excluding diaryl/α,β-unsaturated/α-hetero) is 1. The van der Waals surface area contributed by atoms with E-state index in [-0.39, 0.29) is 29.8 Å². The second-order valence-corrected chi connectivity index (χ2v) is 14.3. The second-order valence-electron chi connectivity index (χ2n) is 14.3. The predicted molar refractivity (Wildman–Crippen MR) is 167 cm³/mol. The van der Waals surface area contributed by atoms with Crippen LogP contribution < -0.4 is 0 Å². The summed E-state index contributed by atoms with van der Waals surface area (Å²) in [7, 11) is 5.38. The maximum atomic E-state index is 14.1. The van der Waals surface area contributed by atoms with Gasteiger partial charge in [0.25, 0.3) is 0 Å².